The number of carbonyl (C=O) groups is 2. The summed E-state index contributed by atoms with van der Waals surface area (Å²) in [5.74, 6) is -2.15. The van der Waals surface area contributed by atoms with E-state index in [9.17, 15) is 27.2 Å². The minimum Gasteiger partial charge on any atom is -0.481 e. The average molecular weight is 400 g/mol. The summed E-state index contributed by atoms with van der Waals surface area (Å²) in [4.78, 5) is 22.6. The molecule has 1 aliphatic rings. The molecule has 0 aromatic heterocycles. The molecule has 1 aliphatic carbocycles. The Morgan fingerprint density at radius 3 is 2.57 bits per heavy atom. The monoisotopic (exact) mass is 400 g/mol. The zero-order valence-electron chi connectivity index (χ0n) is 15.5. The van der Waals surface area contributed by atoms with Gasteiger partial charge >= 0.3 is 12.1 Å². The van der Waals surface area contributed by atoms with Gasteiger partial charge in [0.1, 0.15) is 11.6 Å². The molecule has 0 aliphatic heterocycles. The van der Waals surface area contributed by atoms with E-state index in [0.717, 1.165) is 43.5 Å². The number of hydrogen-bond donors (Lipinski definition) is 1. The Kier molecular flexibility index (Phi) is 7.78. The Morgan fingerprint density at radius 1 is 1.18 bits per heavy atom. The summed E-state index contributed by atoms with van der Waals surface area (Å²) in [5.41, 5.74) is -1.52. The van der Waals surface area contributed by atoms with E-state index in [1.165, 1.54) is 6.08 Å². The number of carboxylic acids is 1. The molecule has 0 radical (unpaired) electrons. The number of halogens is 4. The SMILES string of the molecule is O=C(O)CCCCCC[C@@H]1C(=O)CC[C@H]1C=Cc1c(F)cccc1C(F)(F)F. The molecule has 2 atom stereocenters. The molecule has 1 N–H and O–H groups in total. The quantitative estimate of drug-likeness (QED) is 0.416. The first-order valence-corrected chi connectivity index (χ1v) is 9.48. The highest BCUT2D eigenvalue weighted by Crippen LogP contribution is 2.37. The molecule has 0 saturated heterocycles. The number of benzene rings is 1. The van der Waals surface area contributed by atoms with E-state index in [1.54, 1.807) is 0 Å². The third kappa shape index (κ3) is 6.17. The lowest BCUT2D eigenvalue weighted by Crippen LogP contribution is -2.13. The summed E-state index contributed by atoms with van der Waals surface area (Å²) in [7, 11) is 0. The van der Waals surface area contributed by atoms with Gasteiger partial charge in [0.15, 0.2) is 0 Å². The van der Waals surface area contributed by atoms with E-state index < -0.39 is 29.1 Å². The Labute approximate surface area is 161 Å². The van der Waals surface area contributed by atoms with Crippen LogP contribution in [-0.2, 0) is 15.8 Å². The number of carboxylic acid groups (broad SMARTS) is 1. The summed E-state index contributed by atoms with van der Waals surface area (Å²) >= 11 is 0. The van der Waals surface area contributed by atoms with Crippen LogP contribution in [0.5, 0.6) is 0 Å². The molecule has 1 saturated carbocycles. The van der Waals surface area contributed by atoms with Gasteiger partial charge in [-0.05, 0) is 37.3 Å². The molecule has 0 spiro atoms. The van der Waals surface area contributed by atoms with Crippen molar-refractivity contribution < 1.29 is 32.3 Å². The van der Waals surface area contributed by atoms with E-state index in [-0.39, 0.29) is 24.0 Å². The summed E-state index contributed by atoms with van der Waals surface area (Å²) in [5, 5.41) is 8.61. The molecular formula is C21H24F4O3. The standard InChI is InChI=1S/C21H24F4O3/c22-18-8-5-7-17(21(23,24)25)16(18)12-10-14-11-13-19(26)15(14)6-3-1-2-4-9-20(27)28/h5,7-8,10,12,14-15H,1-4,6,9,11,13H2,(H,27,28)/t14-,15+/m1/s1. The Morgan fingerprint density at radius 2 is 1.89 bits per heavy atom. The van der Waals surface area contributed by atoms with Gasteiger partial charge in [-0.2, -0.15) is 13.2 Å². The van der Waals surface area contributed by atoms with Crippen molar-refractivity contribution in [1.82, 2.24) is 0 Å². The first kappa shape index (κ1) is 22.1. The highest BCUT2D eigenvalue weighted by Gasteiger charge is 2.35. The number of hydrogen-bond acceptors (Lipinski definition) is 2. The van der Waals surface area contributed by atoms with Gasteiger partial charge in [0.05, 0.1) is 5.56 Å². The van der Waals surface area contributed by atoms with Crippen LogP contribution in [0.1, 0.15) is 62.5 Å². The number of Topliss-reactive ketones (excluding diaryl/α,β-unsaturated/α-hetero) is 1. The van der Waals surface area contributed by atoms with Crippen molar-refractivity contribution in [2.45, 2.75) is 57.5 Å². The molecule has 1 fully saturated rings. The molecule has 7 heteroatoms. The van der Waals surface area contributed by atoms with Crippen LogP contribution in [0.25, 0.3) is 6.08 Å². The van der Waals surface area contributed by atoms with E-state index in [1.807, 2.05) is 0 Å². The Hall–Kier alpha value is -2.18. The van der Waals surface area contributed by atoms with Gasteiger partial charge in [-0.3, -0.25) is 9.59 Å². The number of rotatable bonds is 9. The fourth-order valence-electron chi connectivity index (χ4n) is 3.71. The van der Waals surface area contributed by atoms with Crippen LogP contribution in [0.4, 0.5) is 17.6 Å². The minimum absolute atomic E-state index is 0.0877. The minimum atomic E-state index is -4.65. The van der Waals surface area contributed by atoms with Crippen molar-refractivity contribution in [3.63, 3.8) is 0 Å². The van der Waals surface area contributed by atoms with Crippen LogP contribution in [0.3, 0.4) is 0 Å². The number of carbonyl (C=O) groups excluding carboxylic acids is 1. The first-order valence-electron chi connectivity index (χ1n) is 9.48. The van der Waals surface area contributed by atoms with Crippen molar-refractivity contribution in [2.24, 2.45) is 11.8 Å². The van der Waals surface area contributed by atoms with Crippen molar-refractivity contribution in [3.8, 4) is 0 Å². The molecule has 3 nitrogen and oxygen atoms in total. The molecular weight excluding hydrogens is 376 g/mol. The molecule has 2 rings (SSSR count). The number of unbranched alkanes of at least 4 members (excludes halogenated alkanes) is 3. The lowest BCUT2D eigenvalue weighted by molar-refractivity contribution is -0.138. The second kappa shape index (κ2) is 9.85. The van der Waals surface area contributed by atoms with Gasteiger partial charge in [-0.15, -0.1) is 0 Å². The highest BCUT2D eigenvalue weighted by molar-refractivity contribution is 5.84. The lowest BCUT2D eigenvalue weighted by Gasteiger charge is -2.16. The maximum Gasteiger partial charge on any atom is 0.417 e. The Balaban J connectivity index is 1.99. The normalized spacial score (nSPS) is 20.2. The smallest absolute Gasteiger partial charge is 0.417 e. The molecule has 154 valence electrons. The average Bonchev–Trinajstić information content (AvgIpc) is 2.95. The number of alkyl halides is 3. The summed E-state index contributed by atoms with van der Waals surface area (Å²) in [6, 6.07) is 2.86. The number of allylic oxidation sites excluding steroid dienone is 1. The third-order valence-corrected chi connectivity index (χ3v) is 5.18. The molecule has 0 unspecified atom stereocenters. The van der Waals surface area contributed by atoms with Gasteiger partial charge in [0.2, 0.25) is 0 Å². The van der Waals surface area contributed by atoms with Gasteiger partial charge in [0, 0.05) is 24.3 Å². The number of aliphatic carboxylic acids is 1. The zero-order valence-corrected chi connectivity index (χ0v) is 15.5. The van der Waals surface area contributed by atoms with Crippen LogP contribution in [0.15, 0.2) is 24.3 Å². The summed E-state index contributed by atoms with van der Waals surface area (Å²) in [6.07, 6.45) is 2.62. The second-order valence-electron chi connectivity index (χ2n) is 7.18. The van der Waals surface area contributed by atoms with Crippen LogP contribution >= 0.6 is 0 Å². The molecule has 1 aromatic rings. The molecule has 0 heterocycles. The zero-order chi connectivity index (χ0) is 20.7. The van der Waals surface area contributed by atoms with Crippen molar-refractivity contribution in [2.75, 3.05) is 0 Å². The van der Waals surface area contributed by atoms with Crippen LogP contribution in [-0.4, -0.2) is 16.9 Å². The van der Waals surface area contributed by atoms with E-state index in [4.69, 9.17) is 5.11 Å². The van der Waals surface area contributed by atoms with Gasteiger partial charge in [0.25, 0.3) is 0 Å². The van der Waals surface area contributed by atoms with Crippen LogP contribution in [0, 0.1) is 17.7 Å². The maximum atomic E-state index is 13.9. The predicted octanol–water partition coefficient (Wildman–Crippen LogP) is 5.88. The topological polar surface area (TPSA) is 54.4 Å². The van der Waals surface area contributed by atoms with E-state index in [0.29, 0.717) is 25.7 Å². The molecule has 1 aromatic carbocycles. The fourth-order valence-corrected chi connectivity index (χ4v) is 3.71. The third-order valence-electron chi connectivity index (χ3n) is 5.18. The van der Waals surface area contributed by atoms with Gasteiger partial charge < -0.3 is 5.11 Å². The Bertz CT molecular complexity index is 725. The molecule has 28 heavy (non-hydrogen) atoms. The van der Waals surface area contributed by atoms with Crippen LogP contribution < -0.4 is 0 Å². The lowest BCUT2D eigenvalue weighted by atomic mass is 9.89. The summed E-state index contributed by atoms with van der Waals surface area (Å²) in [6.45, 7) is 0. The largest absolute Gasteiger partial charge is 0.481 e. The highest BCUT2D eigenvalue weighted by atomic mass is 19.4. The first-order chi connectivity index (χ1) is 13.2. The van der Waals surface area contributed by atoms with Crippen molar-refractivity contribution in [3.05, 3.63) is 41.2 Å². The number of ketones is 1. The van der Waals surface area contributed by atoms with Crippen LogP contribution in [0.2, 0.25) is 0 Å². The second-order valence-corrected chi connectivity index (χ2v) is 7.18. The van der Waals surface area contributed by atoms with E-state index in [2.05, 4.69) is 0 Å². The van der Waals surface area contributed by atoms with Crippen molar-refractivity contribution in [1.29, 1.82) is 0 Å². The van der Waals surface area contributed by atoms with E-state index >= 15 is 0 Å². The predicted molar refractivity (Wildman–Crippen MR) is 97.0 cm³/mol. The maximum absolute atomic E-state index is 13.9. The van der Waals surface area contributed by atoms with Gasteiger partial charge in [-0.1, -0.05) is 37.5 Å². The van der Waals surface area contributed by atoms with Gasteiger partial charge in [-0.25, -0.2) is 4.39 Å². The van der Waals surface area contributed by atoms with Crippen molar-refractivity contribution >= 4 is 17.8 Å². The summed E-state index contributed by atoms with van der Waals surface area (Å²) < 4.78 is 53.2. The fraction of sp³-hybridized carbons (Fsp3) is 0.524. The molecule has 0 amide bonds. The molecule has 0 bridgehead atoms.